The molecule has 3 amide bonds. The molecule has 2 aromatic heterocycles. The van der Waals surface area contributed by atoms with E-state index in [1.54, 1.807) is 26.1 Å². The minimum Gasteiger partial charge on any atom is -0.494 e. The van der Waals surface area contributed by atoms with Crippen molar-refractivity contribution in [2.75, 3.05) is 26.2 Å². The number of amides is 3. The molecule has 1 aliphatic rings. The third-order valence-electron chi connectivity index (χ3n) is 7.24. The molecule has 2 N–H and O–H groups in total. The van der Waals surface area contributed by atoms with Crippen LogP contribution in [0, 0.1) is 19.8 Å². The first-order chi connectivity index (χ1) is 20.6. The quantitative estimate of drug-likeness (QED) is 0.463. The van der Waals surface area contributed by atoms with Crippen LogP contribution in [0.3, 0.4) is 0 Å². The molecule has 1 atom stereocenters. The van der Waals surface area contributed by atoms with Gasteiger partial charge in [-0.25, -0.2) is 9.78 Å². The SMILES string of the molecule is Cc1cc(C)n(CCC(=O)N2CCCOc3cccc(c3)-c3nccn3CCNC(=O)[C@@H](CC(C)C)NC(=O)C2)c(=O)n1. The van der Waals surface area contributed by atoms with Crippen LogP contribution in [0.1, 0.15) is 44.5 Å². The summed E-state index contributed by atoms with van der Waals surface area (Å²) in [6.07, 6.45) is 4.52. The number of ether oxygens (including phenoxy) is 1. The van der Waals surface area contributed by atoms with Gasteiger partial charge in [0.15, 0.2) is 0 Å². The Morgan fingerprint density at radius 1 is 1.14 bits per heavy atom. The Morgan fingerprint density at radius 2 is 1.95 bits per heavy atom. The molecule has 0 unspecified atom stereocenters. The fraction of sp³-hybridized carbons (Fsp3) is 0.484. The average molecular weight is 592 g/mol. The van der Waals surface area contributed by atoms with Crippen LogP contribution in [0.5, 0.6) is 5.75 Å². The average Bonchev–Trinajstić information content (AvgIpc) is 3.41. The highest BCUT2D eigenvalue weighted by Gasteiger charge is 2.25. The predicted octanol–water partition coefficient (Wildman–Crippen LogP) is 2.07. The zero-order chi connectivity index (χ0) is 30.9. The number of carbonyl (C=O) groups excluding carboxylic acids is 3. The molecule has 0 spiro atoms. The largest absolute Gasteiger partial charge is 0.494 e. The standard InChI is InChI=1S/C31H41N7O5/c1-21(2)17-26-30(41)33-11-15-36-14-10-32-29(36)24-7-5-8-25(19-24)43-16-6-12-37(20-27(39)35-26)28(40)9-13-38-23(4)18-22(3)34-31(38)42/h5,7-8,10,14,18-19,21,26H,6,9,11-13,15-17,20H2,1-4H3,(H,33,41)(H,35,39)/t26-/m1/s1. The van der Waals surface area contributed by atoms with Gasteiger partial charge in [0, 0.05) is 61.9 Å². The third kappa shape index (κ3) is 8.76. The maximum absolute atomic E-state index is 13.4. The van der Waals surface area contributed by atoms with Crippen LogP contribution in [0.15, 0.2) is 47.5 Å². The van der Waals surface area contributed by atoms with Gasteiger partial charge in [-0.15, -0.1) is 0 Å². The van der Waals surface area contributed by atoms with Gasteiger partial charge < -0.3 is 24.8 Å². The van der Waals surface area contributed by atoms with E-state index < -0.39 is 17.6 Å². The zero-order valence-electron chi connectivity index (χ0n) is 25.3. The fourth-order valence-electron chi connectivity index (χ4n) is 5.16. The number of rotatable bonds is 5. The number of aryl methyl sites for hydroxylation is 2. The second kappa shape index (κ2) is 14.6. The third-order valence-corrected chi connectivity index (χ3v) is 7.24. The van der Waals surface area contributed by atoms with E-state index in [9.17, 15) is 19.2 Å². The van der Waals surface area contributed by atoms with Gasteiger partial charge in [-0.05, 0) is 50.8 Å². The predicted molar refractivity (Wildman–Crippen MR) is 161 cm³/mol. The van der Waals surface area contributed by atoms with E-state index in [0.717, 1.165) is 11.4 Å². The Kier molecular flexibility index (Phi) is 10.7. The van der Waals surface area contributed by atoms with E-state index in [0.29, 0.717) is 49.7 Å². The Bertz CT molecular complexity index is 1500. The van der Waals surface area contributed by atoms with Gasteiger partial charge in [0.1, 0.15) is 17.6 Å². The van der Waals surface area contributed by atoms with E-state index in [-0.39, 0.29) is 43.8 Å². The smallest absolute Gasteiger partial charge is 0.347 e. The molecule has 0 radical (unpaired) electrons. The summed E-state index contributed by atoms with van der Waals surface area (Å²) in [4.78, 5) is 62.1. The molecular weight excluding hydrogens is 550 g/mol. The summed E-state index contributed by atoms with van der Waals surface area (Å²) in [5.41, 5.74) is 1.80. The van der Waals surface area contributed by atoms with Crippen LogP contribution in [0.4, 0.5) is 0 Å². The van der Waals surface area contributed by atoms with Crippen LogP contribution in [-0.4, -0.2) is 74.0 Å². The first kappa shape index (κ1) is 31.5. The van der Waals surface area contributed by atoms with Gasteiger partial charge in [-0.1, -0.05) is 26.0 Å². The monoisotopic (exact) mass is 591 g/mol. The number of hydrogen-bond donors (Lipinski definition) is 2. The molecule has 0 saturated heterocycles. The van der Waals surface area contributed by atoms with E-state index >= 15 is 0 Å². The number of aromatic nitrogens is 4. The lowest BCUT2D eigenvalue weighted by atomic mass is 10.0. The molecule has 2 bridgehead atoms. The molecule has 1 aliphatic heterocycles. The van der Waals surface area contributed by atoms with E-state index in [1.807, 2.05) is 48.9 Å². The zero-order valence-corrected chi connectivity index (χ0v) is 25.3. The highest BCUT2D eigenvalue weighted by atomic mass is 16.5. The van der Waals surface area contributed by atoms with Crippen molar-refractivity contribution in [1.82, 2.24) is 34.6 Å². The molecular formula is C31H41N7O5. The van der Waals surface area contributed by atoms with Crippen molar-refractivity contribution < 1.29 is 19.1 Å². The van der Waals surface area contributed by atoms with Crippen LogP contribution >= 0.6 is 0 Å². The van der Waals surface area contributed by atoms with Gasteiger partial charge in [0.2, 0.25) is 17.7 Å². The Morgan fingerprint density at radius 3 is 2.72 bits per heavy atom. The number of hydrogen-bond acceptors (Lipinski definition) is 7. The van der Waals surface area contributed by atoms with Crippen molar-refractivity contribution in [2.45, 2.75) is 66.1 Å². The summed E-state index contributed by atoms with van der Waals surface area (Å²) in [5, 5.41) is 5.79. The van der Waals surface area contributed by atoms with Crippen molar-refractivity contribution in [3.05, 3.63) is 64.6 Å². The molecule has 1 aromatic carbocycles. The van der Waals surface area contributed by atoms with Crippen molar-refractivity contribution in [2.24, 2.45) is 5.92 Å². The molecule has 3 aromatic rings. The molecule has 43 heavy (non-hydrogen) atoms. The van der Waals surface area contributed by atoms with Crippen LogP contribution in [0.2, 0.25) is 0 Å². The Hall–Kier alpha value is -4.48. The summed E-state index contributed by atoms with van der Waals surface area (Å²) in [5.74, 6) is 0.583. The molecule has 3 heterocycles. The van der Waals surface area contributed by atoms with E-state index in [2.05, 4.69) is 20.6 Å². The lowest BCUT2D eigenvalue weighted by Crippen LogP contribution is -2.51. The lowest BCUT2D eigenvalue weighted by Gasteiger charge is -2.25. The molecule has 230 valence electrons. The van der Waals surface area contributed by atoms with Crippen molar-refractivity contribution in [1.29, 1.82) is 0 Å². The fourth-order valence-corrected chi connectivity index (χ4v) is 5.16. The minimum atomic E-state index is -0.745. The highest BCUT2D eigenvalue weighted by Crippen LogP contribution is 2.23. The van der Waals surface area contributed by atoms with E-state index in [1.165, 1.54) is 9.47 Å². The Labute approximate surface area is 251 Å². The number of nitrogens with zero attached hydrogens (tertiary/aromatic N) is 5. The molecule has 12 heteroatoms. The molecule has 12 nitrogen and oxygen atoms in total. The molecule has 0 aliphatic carbocycles. The first-order valence-electron chi connectivity index (χ1n) is 14.7. The highest BCUT2D eigenvalue weighted by molar-refractivity contribution is 5.90. The van der Waals surface area contributed by atoms with Crippen LogP contribution in [0.25, 0.3) is 11.4 Å². The van der Waals surface area contributed by atoms with Gasteiger partial charge in [0.25, 0.3) is 0 Å². The van der Waals surface area contributed by atoms with Crippen molar-refractivity contribution >= 4 is 17.7 Å². The molecule has 0 saturated carbocycles. The summed E-state index contributed by atoms with van der Waals surface area (Å²) in [6.45, 7) is 8.87. The van der Waals surface area contributed by atoms with E-state index in [4.69, 9.17) is 4.74 Å². The summed E-state index contributed by atoms with van der Waals surface area (Å²) >= 11 is 0. The summed E-state index contributed by atoms with van der Waals surface area (Å²) in [7, 11) is 0. The van der Waals surface area contributed by atoms with Gasteiger partial charge in [-0.3, -0.25) is 19.0 Å². The van der Waals surface area contributed by atoms with Crippen molar-refractivity contribution in [3.8, 4) is 17.1 Å². The van der Waals surface area contributed by atoms with Crippen molar-refractivity contribution in [3.63, 3.8) is 0 Å². The van der Waals surface area contributed by atoms with Gasteiger partial charge in [-0.2, -0.15) is 4.98 Å². The van der Waals surface area contributed by atoms with Crippen LogP contribution < -0.4 is 21.1 Å². The minimum absolute atomic E-state index is 0.0181. The van der Waals surface area contributed by atoms with Crippen LogP contribution in [-0.2, 0) is 27.5 Å². The molecule has 4 rings (SSSR count). The summed E-state index contributed by atoms with van der Waals surface area (Å²) in [6, 6.07) is 8.65. The number of imidazole rings is 1. The first-order valence-corrected chi connectivity index (χ1v) is 14.7. The molecule has 0 fully saturated rings. The number of nitrogens with one attached hydrogen (secondary N) is 2. The topological polar surface area (TPSA) is 140 Å². The van der Waals surface area contributed by atoms with Gasteiger partial charge >= 0.3 is 5.69 Å². The number of fused-ring (bicyclic) bond motifs is 4. The number of carbonyl (C=O) groups is 3. The number of benzene rings is 1. The normalized spacial score (nSPS) is 16.9. The Balaban J connectivity index is 1.54. The second-order valence-electron chi connectivity index (χ2n) is 11.3. The maximum atomic E-state index is 13.4. The maximum Gasteiger partial charge on any atom is 0.347 e. The second-order valence-corrected chi connectivity index (χ2v) is 11.3. The van der Waals surface area contributed by atoms with Gasteiger partial charge in [0.05, 0.1) is 13.2 Å². The summed E-state index contributed by atoms with van der Waals surface area (Å²) < 4.78 is 9.42. The lowest BCUT2D eigenvalue weighted by molar-refractivity contribution is -0.137.